The number of nitrogens with zero attached hydrogens (tertiary/aromatic N) is 1. The summed E-state index contributed by atoms with van der Waals surface area (Å²) in [4.78, 5) is 40.1. The first-order valence-electron chi connectivity index (χ1n) is 11.1. The van der Waals surface area contributed by atoms with E-state index in [0.717, 1.165) is 12.3 Å². The van der Waals surface area contributed by atoms with Gasteiger partial charge in [-0.3, -0.25) is 14.4 Å². The predicted octanol–water partition coefficient (Wildman–Crippen LogP) is 0.231. The molecule has 1 amide bonds. The number of thioether (sulfide) groups is 1. The largest absolute Gasteiger partial charge is 0.508 e. The molecule has 1 aromatic rings. The number of aliphatic hydroxyl groups is 4. The van der Waals surface area contributed by atoms with Crippen molar-refractivity contribution in [3.05, 3.63) is 46.2 Å². The molecule has 4 rings (SSSR count). The number of rotatable bonds is 6. The number of aromatic hydroxyl groups is 1. The molecule has 7 N–H and O–H groups in total. The van der Waals surface area contributed by atoms with Crippen LogP contribution in [0.1, 0.15) is 23.5 Å². The fraction of sp³-hybridized carbons (Fsp3) is 0.458. The summed E-state index contributed by atoms with van der Waals surface area (Å²) in [7, 11) is 3.86. The van der Waals surface area contributed by atoms with Crippen molar-refractivity contribution >= 4 is 35.0 Å². The maximum Gasteiger partial charge on any atom is 0.255 e. The van der Waals surface area contributed by atoms with Gasteiger partial charge in [0.2, 0.25) is 5.78 Å². The van der Waals surface area contributed by atoms with Gasteiger partial charge in [0.05, 0.1) is 11.7 Å². The highest BCUT2D eigenvalue weighted by molar-refractivity contribution is 7.99. The third-order valence-corrected chi connectivity index (χ3v) is 8.22. The number of Topliss-reactive ketones (excluding diaryl/α,β-unsaturated/α-hetero) is 2. The molecule has 0 saturated heterocycles. The number of aliphatic hydroxyl groups excluding tert-OH is 3. The molecule has 0 heterocycles. The van der Waals surface area contributed by atoms with E-state index in [-0.39, 0.29) is 16.9 Å². The smallest absolute Gasteiger partial charge is 0.255 e. The van der Waals surface area contributed by atoms with Crippen LogP contribution in [0.5, 0.6) is 5.75 Å². The van der Waals surface area contributed by atoms with Gasteiger partial charge in [0, 0.05) is 47.8 Å². The van der Waals surface area contributed by atoms with Crippen LogP contribution in [0.4, 0.5) is 0 Å². The molecule has 0 radical (unpaired) electrons. The second kappa shape index (κ2) is 8.98. The molecule has 3 aliphatic carbocycles. The number of hydrogen-bond donors (Lipinski definition) is 6. The number of amides is 1. The highest BCUT2D eigenvalue weighted by Crippen LogP contribution is 2.56. The van der Waals surface area contributed by atoms with E-state index in [1.54, 1.807) is 23.9 Å². The minimum absolute atomic E-state index is 0.00467. The topological polar surface area (TPSA) is 182 Å². The molecule has 1 aromatic carbocycles. The Labute approximate surface area is 205 Å². The Bertz CT molecular complexity index is 1180. The van der Waals surface area contributed by atoms with Gasteiger partial charge in [-0.25, -0.2) is 0 Å². The average molecular weight is 505 g/mol. The van der Waals surface area contributed by atoms with E-state index in [9.17, 15) is 39.9 Å². The van der Waals surface area contributed by atoms with Crippen LogP contribution in [0.2, 0.25) is 0 Å². The molecule has 0 aromatic heterocycles. The number of phenolic OH excluding ortho intramolecular Hbond substituents is 1. The Morgan fingerprint density at radius 3 is 2.54 bits per heavy atom. The van der Waals surface area contributed by atoms with Gasteiger partial charge in [-0.1, -0.05) is 12.1 Å². The van der Waals surface area contributed by atoms with Crippen LogP contribution in [0, 0.1) is 11.8 Å². The van der Waals surface area contributed by atoms with Crippen LogP contribution >= 0.6 is 11.8 Å². The van der Waals surface area contributed by atoms with Gasteiger partial charge in [0.15, 0.2) is 11.4 Å². The van der Waals surface area contributed by atoms with E-state index in [2.05, 4.69) is 0 Å². The Kier molecular flexibility index (Phi) is 6.47. The first kappa shape index (κ1) is 25.2. The Hall–Kier alpha value is -2.86. The number of fused-ring (bicyclic) bond motifs is 3. The monoisotopic (exact) mass is 504 g/mol. The van der Waals surface area contributed by atoms with Crippen LogP contribution in [-0.2, 0) is 14.4 Å². The van der Waals surface area contributed by atoms with Crippen molar-refractivity contribution in [2.24, 2.45) is 17.6 Å². The van der Waals surface area contributed by atoms with Crippen LogP contribution in [-0.4, -0.2) is 91.8 Å². The SMILES string of the molecule is CN(C)CCSCC1c2cccc(O)c2C(O)=C2C(=O)C3(O)C(O)=C(C(N)=O)C(=O)CC3C(O)C21. The van der Waals surface area contributed by atoms with Crippen LogP contribution in [0.15, 0.2) is 35.1 Å². The van der Waals surface area contributed by atoms with Crippen molar-refractivity contribution in [1.82, 2.24) is 4.90 Å². The highest BCUT2D eigenvalue weighted by Gasteiger charge is 2.65. The van der Waals surface area contributed by atoms with Crippen molar-refractivity contribution in [3.8, 4) is 5.75 Å². The van der Waals surface area contributed by atoms with E-state index >= 15 is 0 Å². The first-order valence-corrected chi connectivity index (χ1v) is 12.3. The van der Waals surface area contributed by atoms with E-state index < -0.39 is 70.4 Å². The third kappa shape index (κ3) is 3.74. The van der Waals surface area contributed by atoms with Gasteiger partial charge >= 0.3 is 0 Å². The summed E-state index contributed by atoms with van der Waals surface area (Å²) >= 11 is 1.55. The zero-order chi connectivity index (χ0) is 25.8. The molecule has 35 heavy (non-hydrogen) atoms. The van der Waals surface area contributed by atoms with E-state index in [4.69, 9.17) is 5.73 Å². The molecule has 5 atom stereocenters. The zero-order valence-electron chi connectivity index (χ0n) is 19.3. The highest BCUT2D eigenvalue weighted by atomic mass is 32.2. The van der Waals surface area contributed by atoms with Crippen molar-refractivity contribution in [2.45, 2.75) is 24.0 Å². The normalized spacial score (nSPS) is 30.3. The van der Waals surface area contributed by atoms with Crippen molar-refractivity contribution in [3.63, 3.8) is 0 Å². The quantitative estimate of drug-likeness (QED) is 0.232. The lowest BCUT2D eigenvalue weighted by Crippen LogP contribution is -2.64. The molecular formula is C24H28N2O8S. The number of benzene rings is 1. The number of nitrogens with two attached hydrogens (primary N) is 1. The number of ketones is 2. The fourth-order valence-corrected chi connectivity index (χ4v) is 6.73. The summed E-state index contributed by atoms with van der Waals surface area (Å²) in [6.07, 6.45) is -2.13. The molecule has 3 aliphatic rings. The number of primary amides is 1. The van der Waals surface area contributed by atoms with Crippen LogP contribution in [0.25, 0.3) is 5.76 Å². The average Bonchev–Trinajstić information content (AvgIpc) is 2.77. The van der Waals surface area contributed by atoms with Crippen molar-refractivity contribution < 1.29 is 39.9 Å². The number of phenols is 1. The van der Waals surface area contributed by atoms with Crippen LogP contribution < -0.4 is 5.73 Å². The number of hydrogen-bond acceptors (Lipinski definition) is 10. The molecule has 0 spiro atoms. The minimum Gasteiger partial charge on any atom is -0.508 e. The summed E-state index contributed by atoms with van der Waals surface area (Å²) in [6, 6.07) is 4.62. The summed E-state index contributed by atoms with van der Waals surface area (Å²) in [5.74, 6) is -7.39. The van der Waals surface area contributed by atoms with E-state index in [1.807, 2.05) is 19.0 Å². The molecule has 1 fully saturated rings. The molecule has 11 heteroatoms. The van der Waals surface area contributed by atoms with Gasteiger partial charge in [0.25, 0.3) is 5.91 Å². The molecule has 10 nitrogen and oxygen atoms in total. The lowest BCUT2D eigenvalue weighted by atomic mass is 9.55. The van der Waals surface area contributed by atoms with Gasteiger partial charge in [-0.05, 0) is 25.7 Å². The molecular weight excluding hydrogens is 476 g/mol. The van der Waals surface area contributed by atoms with Gasteiger partial charge in [-0.2, -0.15) is 11.8 Å². The lowest BCUT2D eigenvalue weighted by Gasteiger charge is -2.51. The zero-order valence-corrected chi connectivity index (χ0v) is 20.1. The molecule has 1 saturated carbocycles. The summed E-state index contributed by atoms with van der Waals surface area (Å²) in [6.45, 7) is 0.774. The maximum absolute atomic E-state index is 13.7. The Morgan fingerprint density at radius 1 is 1.23 bits per heavy atom. The van der Waals surface area contributed by atoms with Gasteiger partial charge in [-0.15, -0.1) is 0 Å². The maximum atomic E-state index is 13.7. The predicted molar refractivity (Wildman–Crippen MR) is 128 cm³/mol. The van der Waals surface area contributed by atoms with E-state index in [0.29, 0.717) is 11.3 Å². The van der Waals surface area contributed by atoms with Gasteiger partial charge < -0.3 is 36.2 Å². The summed E-state index contributed by atoms with van der Waals surface area (Å²) < 4.78 is 0. The first-order chi connectivity index (χ1) is 16.4. The van der Waals surface area contributed by atoms with Crippen LogP contribution in [0.3, 0.4) is 0 Å². The summed E-state index contributed by atoms with van der Waals surface area (Å²) in [5.41, 5.74) is 1.62. The number of carbonyl (C=O) groups is 3. The standard InChI is InChI=1S/C24H28N2O8S/c1-26(2)6-7-35-9-11-10-4-3-5-13(27)15(10)20(30)18-16(11)19(29)12-8-14(28)17(23(25)33)21(31)24(12,34)22(18)32/h3-5,11-12,16,19,27,29-31,34H,6-9H2,1-2H3,(H2,25,33). The fourth-order valence-electron chi connectivity index (χ4n) is 5.43. The molecule has 188 valence electrons. The Morgan fingerprint density at radius 2 is 1.91 bits per heavy atom. The van der Waals surface area contributed by atoms with Gasteiger partial charge in [0.1, 0.15) is 22.8 Å². The minimum atomic E-state index is -2.83. The number of carbonyl (C=O) groups excluding carboxylic acids is 3. The summed E-state index contributed by atoms with van der Waals surface area (Å²) in [5, 5.41) is 55.1. The Balaban J connectivity index is 1.88. The molecule has 0 bridgehead atoms. The second-order valence-corrected chi connectivity index (χ2v) is 10.6. The molecule has 0 aliphatic heterocycles. The second-order valence-electron chi connectivity index (χ2n) is 9.42. The molecule has 5 unspecified atom stereocenters. The lowest BCUT2D eigenvalue weighted by molar-refractivity contribution is -0.160. The van der Waals surface area contributed by atoms with E-state index in [1.165, 1.54) is 6.07 Å². The third-order valence-electron chi connectivity index (χ3n) is 7.15. The van der Waals surface area contributed by atoms with Crippen molar-refractivity contribution in [1.29, 1.82) is 0 Å². The van der Waals surface area contributed by atoms with Crippen molar-refractivity contribution in [2.75, 3.05) is 32.1 Å².